The summed E-state index contributed by atoms with van der Waals surface area (Å²) in [6, 6.07) is 15.8. The van der Waals surface area contributed by atoms with E-state index in [1.54, 1.807) is 37.4 Å². The molecule has 0 aliphatic carbocycles. The lowest BCUT2D eigenvalue weighted by molar-refractivity contribution is 0.0699. The van der Waals surface area contributed by atoms with Gasteiger partial charge in [0, 0.05) is 5.56 Å². The summed E-state index contributed by atoms with van der Waals surface area (Å²) in [5.41, 5.74) is 2.85. The maximum Gasteiger partial charge on any atom is 0.337 e. The number of H-pyrrole nitrogens is 2. The van der Waals surface area contributed by atoms with E-state index in [4.69, 9.17) is 14.2 Å². The number of nitrogens with zero attached hydrogens (tertiary/aromatic N) is 3. The summed E-state index contributed by atoms with van der Waals surface area (Å²) in [6.07, 6.45) is -0.744. The van der Waals surface area contributed by atoms with Crippen molar-refractivity contribution in [3.63, 3.8) is 0 Å². The summed E-state index contributed by atoms with van der Waals surface area (Å²) in [6.45, 7) is 0. The predicted octanol–water partition coefficient (Wildman–Crippen LogP) is 3.72. The molecule has 1 unspecified atom stereocenters. The van der Waals surface area contributed by atoms with Gasteiger partial charge < -0.3 is 24.3 Å². The summed E-state index contributed by atoms with van der Waals surface area (Å²) in [4.78, 5) is 19.6. The molecule has 33 heavy (non-hydrogen) atoms. The van der Waals surface area contributed by atoms with Crippen LogP contribution in [-0.2, 0) is 0 Å². The zero-order valence-electron chi connectivity index (χ0n) is 17.7. The van der Waals surface area contributed by atoms with E-state index in [0.717, 1.165) is 5.52 Å². The van der Waals surface area contributed by atoms with Gasteiger partial charge in [0.25, 0.3) is 0 Å². The second-order valence-corrected chi connectivity index (χ2v) is 7.19. The van der Waals surface area contributed by atoms with Gasteiger partial charge in [0.1, 0.15) is 28.3 Å². The van der Waals surface area contributed by atoms with Crippen molar-refractivity contribution in [3.8, 4) is 17.2 Å². The molecule has 0 saturated heterocycles. The molecule has 0 amide bonds. The third-order valence-electron chi connectivity index (χ3n) is 5.31. The number of carboxylic acid groups (broad SMARTS) is 1. The molecule has 0 bridgehead atoms. The van der Waals surface area contributed by atoms with E-state index in [2.05, 4.69) is 25.4 Å². The monoisotopic (exact) mass is 445 g/mol. The number of hydrogen-bond donors (Lipinski definition) is 3. The topological polar surface area (TPSA) is 135 Å². The number of carboxylic acids is 1. The molecule has 166 valence electrons. The largest absolute Gasteiger partial charge is 0.497 e. The number of nitrogens with one attached hydrogen (secondary N) is 2. The normalized spacial score (nSPS) is 12.1. The Morgan fingerprint density at radius 2 is 1.76 bits per heavy atom. The van der Waals surface area contributed by atoms with Crippen molar-refractivity contribution < 1.29 is 24.1 Å². The van der Waals surface area contributed by atoms with Gasteiger partial charge in [0.15, 0.2) is 11.9 Å². The molecular formula is C23H19N5O5. The number of methoxy groups -OCH3 is 2. The standard InChI is InChI=1S/C23H19N5O5/c1-31-12-6-8-13(9-7-12)33-21(14-4-3-5-16-18(14)27-28-26-16)22-24-19-15(23(29)30)10-11-17(32-2)20(19)25-22/h3-11,21H,1-2H3,(H,24,25)(H,29,30)(H,26,27,28). The molecule has 3 aromatic carbocycles. The highest BCUT2D eigenvalue weighted by atomic mass is 16.5. The van der Waals surface area contributed by atoms with Gasteiger partial charge in [0.05, 0.1) is 30.8 Å². The van der Waals surface area contributed by atoms with Crippen molar-refractivity contribution >= 4 is 28.0 Å². The van der Waals surface area contributed by atoms with Gasteiger partial charge in [0.2, 0.25) is 0 Å². The zero-order valence-corrected chi connectivity index (χ0v) is 17.7. The fraction of sp³-hybridized carbons (Fsp3) is 0.130. The molecule has 10 nitrogen and oxygen atoms in total. The highest BCUT2D eigenvalue weighted by molar-refractivity contribution is 6.02. The number of aromatic amines is 2. The number of aromatic carboxylic acids is 1. The second kappa shape index (κ2) is 8.15. The Balaban J connectivity index is 1.70. The summed E-state index contributed by atoms with van der Waals surface area (Å²) in [5.74, 6) is 1.01. The average Bonchev–Trinajstić information content (AvgIpc) is 3.49. The Morgan fingerprint density at radius 1 is 0.970 bits per heavy atom. The van der Waals surface area contributed by atoms with E-state index in [-0.39, 0.29) is 5.56 Å². The zero-order chi connectivity index (χ0) is 22.9. The highest BCUT2D eigenvalue weighted by Gasteiger charge is 2.26. The number of rotatable bonds is 7. The molecular weight excluding hydrogens is 426 g/mol. The number of ether oxygens (including phenoxy) is 3. The van der Waals surface area contributed by atoms with Crippen LogP contribution in [0.1, 0.15) is 27.8 Å². The molecule has 2 aromatic heterocycles. The van der Waals surface area contributed by atoms with Crippen LogP contribution in [0, 0.1) is 0 Å². The van der Waals surface area contributed by atoms with E-state index in [1.165, 1.54) is 13.2 Å². The maximum atomic E-state index is 11.8. The molecule has 1 atom stereocenters. The van der Waals surface area contributed by atoms with Gasteiger partial charge in [-0.2, -0.15) is 0 Å². The average molecular weight is 445 g/mol. The summed E-state index contributed by atoms with van der Waals surface area (Å²) in [5, 5.41) is 20.6. The minimum atomic E-state index is -1.08. The van der Waals surface area contributed by atoms with Crippen LogP contribution >= 0.6 is 0 Å². The molecule has 10 heteroatoms. The van der Waals surface area contributed by atoms with Crippen LogP contribution in [0.4, 0.5) is 0 Å². The first-order chi connectivity index (χ1) is 16.1. The number of aromatic nitrogens is 5. The molecule has 0 spiro atoms. The second-order valence-electron chi connectivity index (χ2n) is 7.19. The molecule has 0 aliphatic heterocycles. The maximum absolute atomic E-state index is 11.8. The van der Waals surface area contributed by atoms with Crippen LogP contribution in [0.5, 0.6) is 17.2 Å². The molecule has 0 radical (unpaired) electrons. The summed E-state index contributed by atoms with van der Waals surface area (Å²) < 4.78 is 17.0. The fourth-order valence-corrected chi connectivity index (χ4v) is 3.71. The van der Waals surface area contributed by atoms with Crippen LogP contribution in [0.2, 0.25) is 0 Å². The molecule has 0 saturated carbocycles. The first-order valence-corrected chi connectivity index (χ1v) is 9.99. The molecule has 2 heterocycles. The van der Waals surface area contributed by atoms with Crippen LogP contribution in [0.3, 0.4) is 0 Å². The van der Waals surface area contributed by atoms with Gasteiger partial charge >= 0.3 is 5.97 Å². The van der Waals surface area contributed by atoms with Crippen LogP contribution in [-0.4, -0.2) is 50.7 Å². The Bertz CT molecular complexity index is 1460. The van der Waals surface area contributed by atoms with Crippen molar-refractivity contribution in [2.45, 2.75) is 6.10 Å². The van der Waals surface area contributed by atoms with Gasteiger partial charge in [-0.25, -0.2) is 9.78 Å². The van der Waals surface area contributed by atoms with Crippen molar-refractivity contribution in [3.05, 3.63) is 71.5 Å². The SMILES string of the molecule is COc1ccc(OC(c2nc3c(OC)ccc(C(=O)O)c3[nH]2)c2cccc3[nH]nnc23)cc1. The van der Waals surface area contributed by atoms with E-state index in [1.807, 2.05) is 18.2 Å². The van der Waals surface area contributed by atoms with Crippen LogP contribution in [0.15, 0.2) is 54.6 Å². The lowest BCUT2D eigenvalue weighted by atomic mass is 10.1. The van der Waals surface area contributed by atoms with E-state index in [0.29, 0.717) is 45.2 Å². The third-order valence-corrected chi connectivity index (χ3v) is 5.31. The first kappa shape index (κ1) is 20.3. The minimum absolute atomic E-state index is 0.0763. The third kappa shape index (κ3) is 3.57. The molecule has 5 rings (SSSR count). The van der Waals surface area contributed by atoms with Crippen molar-refractivity contribution in [1.29, 1.82) is 0 Å². The number of carbonyl (C=O) groups is 1. The fourth-order valence-electron chi connectivity index (χ4n) is 3.71. The van der Waals surface area contributed by atoms with Crippen molar-refractivity contribution in [2.75, 3.05) is 14.2 Å². The number of fused-ring (bicyclic) bond motifs is 2. The van der Waals surface area contributed by atoms with Crippen molar-refractivity contribution in [2.24, 2.45) is 0 Å². The first-order valence-electron chi connectivity index (χ1n) is 9.99. The molecule has 0 fully saturated rings. The summed E-state index contributed by atoms with van der Waals surface area (Å²) in [7, 11) is 3.09. The van der Waals surface area contributed by atoms with E-state index in [9.17, 15) is 9.90 Å². The molecule has 5 aromatic rings. The van der Waals surface area contributed by atoms with E-state index >= 15 is 0 Å². The molecule has 0 aliphatic rings. The summed E-state index contributed by atoms with van der Waals surface area (Å²) >= 11 is 0. The Hall–Kier alpha value is -4.60. The lowest BCUT2D eigenvalue weighted by Crippen LogP contribution is -2.12. The van der Waals surface area contributed by atoms with Crippen LogP contribution in [0.25, 0.3) is 22.1 Å². The van der Waals surface area contributed by atoms with Gasteiger partial charge in [-0.05, 0) is 42.5 Å². The number of imidazole rings is 1. The van der Waals surface area contributed by atoms with Gasteiger partial charge in [-0.15, -0.1) is 5.10 Å². The van der Waals surface area contributed by atoms with Crippen LogP contribution < -0.4 is 14.2 Å². The lowest BCUT2D eigenvalue weighted by Gasteiger charge is -2.18. The Kier molecular flexibility index (Phi) is 5.02. The number of hydrogen-bond acceptors (Lipinski definition) is 7. The van der Waals surface area contributed by atoms with Gasteiger partial charge in [-0.3, -0.25) is 5.10 Å². The van der Waals surface area contributed by atoms with Gasteiger partial charge in [-0.1, -0.05) is 17.3 Å². The Labute approximate surface area is 187 Å². The number of benzene rings is 3. The quantitative estimate of drug-likeness (QED) is 0.345. The van der Waals surface area contributed by atoms with Crippen molar-refractivity contribution in [1.82, 2.24) is 25.4 Å². The molecule has 3 N–H and O–H groups in total. The highest BCUT2D eigenvalue weighted by Crippen LogP contribution is 2.34. The Morgan fingerprint density at radius 3 is 2.48 bits per heavy atom. The smallest absolute Gasteiger partial charge is 0.337 e. The van der Waals surface area contributed by atoms with E-state index < -0.39 is 12.1 Å². The minimum Gasteiger partial charge on any atom is -0.497 e. The predicted molar refractivity (Wildman–Crippen MR) is 119 cm³/mol.